The van der Waals surface area contributed by atoms with Crippen molar-refractivity contribution in [2.45, 2.75) is 32.4 Å². The van der Waals surface area contributed by atoms with Crippen molar-refractivity contribution in [1.82, 2.24) is 14.9 Å². The number of nitrogens with zero attached hydrogens (tertiary/aromatic N) is 3. The number of ether oxygens (including phenoxy) is 1. The van der Waals surface area contributed by atoms with Crippen LogP contribution in [0.15, 0.2) is 29.2 Å². The van der Waals surface area contributed by atoms with Crippen LogP contribution < -0.4 is 15.8 Å². The number of aromatic hydroxyl groups is 1. The Morgan fingerprint density at radius 3 is 2.68 bits per heavy atom. The Labute approximate surface area is 192 Å². The Kier molecular flexibility index (Phi) is 6.33. The molecule has 4 rings (SSSR count). The summed E-state index contributed by atoms with van der Waals surface area (Å²) >= 11 is 0. The molecule has 0 spiro atoms. The normalized spacial score (nSPS) is 17.6. The third kappa shape index (κ3) is 4.36. The van der Waals surface area contributed by atoms with Gasteiger partial charge in [-0.15, -0.1) is 0 Å². The molecule has 1 aromatic heterocycles. The standard InChI is InChI=1S/C22H22F2N4O6/c1-12(29)28-11-26(9-15-3-2-6-34-15)22(33)18-20(31)19(30)16(10-27(18)28)21(32)25-8-13-4-5-14(23)7-17(13)24/h4-5,7,10,15,31H,2-3,6,8-9,11H2,1H3,(H,25,32)/t15-/m1/s1. The van der Waals surface area contributed by atoms with Crippen LogP contribution in [-0.2, 0) is 16.1 Å². The van der Waals surface area contributed by atoms with E-state index in [1.807, 2.05) is 0 Å². The number of amides is 3. The van der Waals surface area contributed by atoms with Crippen molar-refractivity contribution in [3.63, 3.8) is 0 Å². The van der Waals surface area contributed by atoms with E-state index in [2.05, 4.69) is 5.32 Å². The first-order valence-electron chi connectivity index (χ1n) is 10.6. The highest BCUT2D eigenvalue weighted by Crippen LogP contribution is 2.23. The van der Waals surface area contributed by atoms with Crippen LogP contribution in [0, 0.1) is 11.6 Å². The summed E-state index contributed by atoms with van der Waals surface area (Å²) in [7, 11) is 0. The molecular weight excluding hydrogens is 454 g/mol. The number of halogens is 2. The minimum atomic E-state index is -1.13. The summed E-state index contributed by atoms with van der Waals surface area (Å²) in [5.41, 5.74) is -2.16. The van der Waals surface area contributed by atoms with Crippen molar-refractivity contribution in [2.75, 3.05) is 24.8 Å². The second-order valence-corrected chi connectivity index (χ2v) is 8.05. The Morgan fingerprint density at radius 2 is 2.03 bits per heavy atom. The first-order chi connectivity index (χ1) is 16.2. The fourth-order valence-electron chi connectivity index (χ4n) is 3.95. The van der Waals surface area contributed by atoms with Gasteiger partial charge < -0.3 is 20.1 Å². The molecule has 12 heteroatoms. The number of benzene rings is 1. The van der Waals surface area contributed by atoms with Crippen LogP contribution in [0.1, 0.15) is 46.2 Å². The van der Waals surface area contributed by atoms with Gasteiger partial charge in [-0.2, -0.15) is 0 Å². The lowest BCUT2D eigenvalue weighted by atomic mass is 10.1. The zero-order valence-corrected chi connectivity index (χ0v) is 18.2. The van der Waals surface area contributed by atoms with Gasteiger partial charge in [0, 0.05) is 44.4 Å². The Hall–Kier alpha value is -3.80. The highest BCUT2D eigenvalue weighted by atomic mass is 19.1. The maximum absolute atomic E-state index is 13.8. The number of aromatic nitrogens is 1. The van der Waals surface area contributed by atoms with Crippen molar-refractivity contribution in [2.24, 2.45) is 0 Å². The molecule has 0 aliphatic carbocycles. The second kappa shape index (κ2) is 9.21. The summed E-state index contributed by atoms with van der Waals surface area (Å²) in [5.74, 6) is -4.83. The number of rotatable bonds is 5. The monoisotopic (exact) mass is 476 g/mol. The number of fused-ring (bicyclic) bond motifs is 1. The molecule has 0 saturated carbocycles. The predicted molar refractivity (Wildman–Crippen MR) is 114 cm³/mol. The smallest absolute Gasteiger partial charge is 0.278 e. The molecule has 34 heavy (non-hydrogen) atoms. The first kappa shape index (κ1) is 23.4. The van der Waals surface area contributed by atoms with Crippen LogP contribution in [0.3, 0.4) is 0 Å². The molecule has 0 radical (unpaired) electrons. The molecule has 1 aromatic carbocycles. The van der Waals surface area contributed by atoms with E-state index in [0.29, 0.717) is 12.7 Å². The SMILES string of the molecule is CC(=O)N1CN(C[C@H]2CCCO2)C(=O)c2c(O)c(=O)c(C(=O)NCc3ccc(F)cc3F)cn21. The molecule has 0 unspecified atom stereocenters. The topological polar surface area (TPSA) is 121 Å². The van der Waals surface area contributed by atoms with E-state index in [9.17, 15) is 33.1 Å². The summed E-state index contributed by atoms with van der Waals surface area (Å²) < 4.78 is 33.4. The van der Waals surface area contributed by atoms with Gasteiger partial charge in [-0.05, 0) is 18.9 Å². The highest BCUT2D eigenvalue weighted by Gasteiger charge is 2.37. The third-order valence-corrected chi connectivity index (χ3v) is 5.73. The minimum Gasteiger partial charge on any atom is -0.502 e. The Balaban J connectivity index is 1.64. The number of carbonyl (C=O) groups is 3. The van der Waals surface area contributed by atoms with E-state index in [1.54, 1.807) is 0 Å². The molecule has 1 atom stereocenters. The van der Waals surface area contributed by atoms with Crippen molar-refractivity contribution < 1.29 is 33.0 Å². The molecule has 180 valence electrons. The lowest BCUT2D eigenvalue weighted by molar-refractivity contribution is -0.118. The molecule has 3 heterocycles. The number of pyridine rings is 1. The van der Waals surface area contributed by atoms with Gasteiger partial charge in [-0.25, -0.2) is 18.5 Å². The van der Waals surface area contributed by atoms with Gasteiger partial charge in [-0.3, -0.25) is 19.2 Å². The summed E-state index contributed by atoms with van der Waals surface area (Å²) in [6.07, 6.45) is 2.33. The molecule has 1 fully saturated rings. The van der Waals surface area contributed by atoms with Crippen LogP contribution in [0.5, 0.6) is 5.75 Å². The molecule has 2 N–H and O–H groups in total. The van der Waals surface area contributed by atoms with Crippen molar-refractivity contribution >= 4 is 17.7 Å². The average molecular weight is 476 g/mol. The van der Waals surface area contributed by atoms with E-state index >= 15 is 0 Å². The summed E-state index contributed by atoms with van der Waals surface area (Å²) in [6.45, 7) is 1.42. The zero-order chi connectivity index (χ0) is 24.6. The molecule has 2 aliphatic heterocycles. The van der Waals surface area contributed by atoms with Gasteiger partial charge in [-0.1, -0.05) is 6.07 Å². The van der Waals surface area contributed by atoms with Gasteiger partial charge >= 0.3 is 0 Å². The fourth-order valence-corrected chi connectivity index (χ4v) is 3.95. The minimum absolute atomic E-state index is 0.0256. The molecule has 1 saturated heterocycles. The molecular formula is C22H22F2N4O6. The zero-order valence-electron chi connectivity index (χ0n) is 18.2. The summed E-state index contributed by atoms with van der Waals surface area (Å²) in [5, 5.41) is 14.0. The van der Waals surface area contributed by atoms with Gasteiger partial charge in [0.25, 0.3) is 11.8 Å². The van der Waals surface area contributed by atoms with E-state index in [0.717, 1.165) is 40.9 Å². The van der Waals surface area contributed by atoms with Crippen molar-refractivity contribution in [3.05, 3.63) is 63.1 Å². The summed E-state index contributed by atoms with van der Waals surface area (Å²) in [6, 6.07) is 2.81. The fraction of sp³-hybridized carbons (Fsp3) is 0.364. The highest BCUT2D eigenvalue weighted by molar-refractivity contribution is 6.01. The van der Waals surface area contributed by atoms with E-state index < -0.39 is 51.8 Å². The van der Waals surface area contributed by atoms with E-state index in [4.69, 9.17) is 4.74 Å². The first-order valence-corrected chi connectivity index (χ1v) is 10.6. The lowest BCUT2D eigenvalue weighted by Gasteiger charge is -2.38. The molecule has 2 aromatic rings. The van der Waals surface area contributed by atoms with Crippen molar-refractivity contribution in [1.29, 1.82) is 0 Å². The lowest BCUT2D eigenvalue weighted by Crippen LogP contribution is -2.57. The maximum Gasteiger partial charge on any atom is 0.278 e. The average Bonchev–Trinajstić information content (AvgIpc) is 3.29. The van der Waals surface area contributed by atoms with Crippen LogP contribution in [0.25, 0.3) is 0 Å². The van der Waals surface area contributed by atoms with Crippen molar-refractivity contribution in [3.8, 4) is 5.75 Å². The number of carbonyl (C=O) groups excluding carboxylic acids is 3. The third-order valence-electron chi connectivity index (χ3n) is 5.73. The van der Waals surface area contributed by atoms with Crippen LogP contribution in [0.4, 0.5) is 8.78 Å². The molecule has 2 aliphatic rings. The largest absolute Gasteiger partial charge is 0.502 e. The van der Waals surface area contributed by atoms with E-state index in [1.165, 1.54) is 11.8 Å². The van der Waals surface area contributed by atoms with Crippen LogP contribution in [-0.4, -0.2) is 58.3 Å². The Morgan fingerprint density at radius 1 is 1.26 bits per heavy atom. The van der Waals surface area contributed by atoms with Gasteiger partial charge in [0.2, 0.25) is 11.3 Å². The number of hydrogen-bond donors (Lipinski definition) is 2. The second-order valence-electron chi connectivity index (χ2n) is 8.05. The van der Waals surface area contributed by atoms with E-state index in [-0.39, 0.29) is 31.4 Å². The van der Waals surface area contributed by atoms with Gasteiger partial charge in [0.1, 0.15) is 23.9 Å². The number of nitrogens with one attached hydrogen (secondary N) is 1. The summed E-state index contributed by atoms with van der Waals surface area (Å²) in [4.78, 5) is 52.0. The molecule has 0 bridgehead atoms. The van der Waals surface area contributed by atoms with Gasteiger partial charge in [0.05, 0.1) is 6.10 Å². The molecule has 10 nitrogen and oxygen atoms in total. The molecule has 3 amide bonds. The predicted octanol–water partition coefficient (Wildman–Crippen LogP) is 0.839. The van der Waals surface area contributed by atoms with Gasteiger partial charge in [0.15, 0.2) is 11.4 Å². The van der Waals surface area contributed by atoms with Crippen LogP contribution >= 0.6 is 0 Å². The number of hydrogen-bond acceptors (Lipinski definition) is 6. The quantitative estimate of drug-likeness (QED) is 0.660. The maximum atomic E-state index is 13.8. The van der Waals surface area contributed by atoms with Crippen LogP contribution in [0.2, 0.25) is 0 Å². The Bertz CT molecular complexity index is 1220.